The van der Waals surface area contributed by atoms with Crippen molar-refractivity contribution in [2.24, 2.45) is 0 Å². The first-order valence-corrected chi connectivity index (χ1v) is 13.3. The zero-order valence-corrected chi connectivity index (χ0v) is 22.7. The average Bonchev–Trinajstić information content (AvgIpc) is 2.97. The third-order valence-electron chi connectivity index (χ3n) is 8.29. The summed E-state index contributed by atoms with van der Waals surface area (Å²) in [6, 6.07) is 10.7. The van der Waals surface area contributed by atoms with Crippen molar-refractivity contribution in [2.45, 2.75) is 58.2 Å². The number of allylic oxidation sites excluding steroid dienone is 1. The van der Waals surface area contributed by atoms with Gasteiger partial charge < -0.3 is 19.5 Å². The summed E-state index contributed by atoms with van der Waals surface area (Å²) in [6.07, 6.45) is 3.94. The van der Waals surface area contributed by atoms with Gasteiger partial charge in [-0.3, -0.25) is 9.80 Å². The van der Waals surface area contributed by atoms with Gasteiger partial charge in [-0.05, 0) is 43.9 Å². The van der Waals surface area contributed by atoms with E-state index in [-0.39, 0.29) is 18.6 Å². The Labute approximate surface area is 220 Å². The number of aliphatic hydroxyl groups excluding tert-OH is 1. The number of aliphatic hydroxyl groups is 1. The normalized spacial score (nSPS) is 21.0. The Morgan fingerprint density at radius 1 is 1.03 bits per heavy atom. The van der Waals surface area contributed by atoms with Gasteiger partial charge in [0.15, 0.2) is 0 Å². The van der Waals surface area contributed by atoms with E-state index in [0.29, 0.717) is 13.1 Å². The highest BCUT2D eigenvalue weighted by Crippen LogP contribution is 2.49. The second kappa shape index (κ2) is 10.0. The summed E-state index contributed by atoms with van der Waals surface area (Å²) >= 11 is 0. The van der Waals surface area contributed by atoms with Crippen molar-refractivity contribution in [3.8, 4) is 11.5 Å². The van der Waals surface area contributed by atoms with Gasteiger partial charge in [0.25, 0.3) is 0 Å². The highest BCUT2D eigenvalue weighted by atomic mass is 16.5. The first-order chi connectivity index (χ1) is 17.8. The zero-order valence-electron chi connectivity index (χ0n) is 22.7. The van der Waals surface area contributed by atoms with Crippen LogP contribution in [0.4, 0.5) is 4.79 Å². The molecule has 2 aromatic rings. The van der Waals surface area contributed by atoms with Crippen LogP contribution in [-0.4, -0.2) is 71.8 Å². The first-order valence-electron chi connectivity index (χ1n) is 13.3. The molecule has 198 valence electrons. The lowest BCUT2D eigenvalue weighted by atomic mass is 9.82. The number of hydrogen-bond donors (Lipinski definition) is 1. The number of amides is 2. The number of benzene rings is 2. The van der Waals surface area contributed by atoms with Crippen molar-refractivity contribution in [1.29, 1.82) is 0 Å². The second-order valence-electron chi connectivity index (χ2n) is 10.8. The predicted octanol–water partition coefficient (Wildman–Crippen LogP) is 4.59. The quantitative estimate of drug-likeness (QED) is 0.622. The van der Waals surface area contributed by atoms with Gasteiger partial charge in [-0.1, -0.05) is 42.3 Å². The molecule has 0 saturated carbocycles. The molecule has 37 heavy (non-hydrogen) atoms. The summed E-state index contributed by atoms with van der Waals surface area (Å²) < 4.78 is 11.3. The fraction of sp³-hybridized carbons (Fsp3) is 0.500. The van der Waals surface area contributed by atoms with Crippen LogP contribution in [-0.2, 0) is 13.1 Å². The van der Waals surface area contributed by atoms with Crippen molar-refractivity contribution in [3.63, 3.8) is 0 Å². The molecule has 2 fully saturated rings. The van der Waals surface area contributed by atoms with Crippen LogP contribution in [0.2, 0.25) is 0 Å². The highest BCUT2D eigenvalue weighted by Gasteiger charge is 2.55. The molecule has 3 heterocycles. The molecule has 7 heteroatoms. The lowest BCUT2D eigenvalue weighted by molar-refractivity contribution is 0.0746. The summed E-state index contributed by atoms with van der Waals surface area (Å²) in [7, 11) is 3.33. The standard InChI is InChI=1S/C30H39N3O4/c1-20-12-21(2)14-23(13-20)18-31-8-6-30(7-9-31)27-15-22(3)28-24(16-25(36-4)17-26(28)37-5)19-32(27)29(35)33(30)10-11-34/h12-17,22,34H,6-11,18-19H2,1-5H3/t22-/m0/s1. The first kappa shape index (κ1) is 25.6. The smallest absolute Gasteiger partial charge is 0.325 e. The van der Waals surface area contributed by atoms with Gasteiger partial charge in [-0.15, -0.1) is 0 Å². The number of ether oxygens (including phenoxy) is 2. The van der Waals surface area contributed by atoms with Crippen LogP contribution >= 0.6 is 0 Å². The van der Waals surface area contributed by atoms with E-state index in [4.69, 9.17) is 9.47 Å². The van der Waals surface area contributed by atoms with Crippen molar-refractivity contribution < 1.29 is 19.4 Å². The van der Waals surface area contributed by atoms with Crippen LogP contribution in [0, 0.1) is 13.8 Å². The van der Waals surface area contributed by atoms with Crippen LogP contribution in [0.1, 0.15) is 53.5 Å². The van der Waals surface area contributed by atoms with E-state index in [9.17, 15) is 9.90 Å². The second-order valence-corrected chi connectivity index (χ2v) is 10.8. The molecule has 1 N–H and O–H groups in total. The van der Waals surface area contributed by atoms with E-state index in [1.807, 2.05) is 21.9 Å². The summed E-state index contributed by atoms with van der Waals surface area (Å²) in [5.41, 5.74) is 6.72. The maximum absolute atomic E-state index is 13.9. The molecule has 2 aromatic carbocycles. The number of rotatable bonds is 6. The highest BCUT2D eigenvalue weighted by molar-refractivity contribution is 5.83. The minimum Gasteiger partial charge on any atom is -0.497 e. The third-order valence-corrected chi connectivity index (χ3v) is 8.29. The summed E-state index contributed by atoms with van der Waals surface area (Å²) in [4.78, 5) is 20.2. The van der Waals surface area contributed by atoms with Crippen molar-refractivity contribution >= 4 is 6.03 Å². The molecule has 0 aromatic heterocycles. The Morgan fingerprint density at radius 3 is 2.35 bits per heavy atom. The largest absolute Gasteiger partial charge is 0.497 e. The molecule has 5 rings (SSSR count). The number of piperidine rings is 1. The van der Waals surface area contributed by atoms with Crippen LogP contribution in [0.3, 0.4) is 0 Å². The molecule has 0 unspecified atom stereocenters. The predicted molar refractivity (Wildman–Crippen MR) is 144 cm³/mol. The fourth-order valence-electron chi connectivity index (χ4n) is 6.74. The third kappa shape index (κ3) is 4.48. The van der Waals surface area contributed by atoms with E-state index in [1.54, 1.807) is 14.2 Å². The molecule has 2 amide bonds. The molecule has 2 saturated heterocycles. The minimum atomic E-state index is -0.410. The molecule has 0 radical (unpaired) electrons. The van der Waals surface area contributed by atoms with Crippen molar-refractivity contribution in [2.75, 3.05) is 40.5 Å². The topological polar surface area (TPSA) is 65.5 Å². The van der Waals surface area contributed by atoms with Gasteiger partial charge in [-0.2, -0.15) is 0 Å². The molecule has 7 nitrogen and oxygen atoms in total. The minimum absolute atomic E-state index is 0.0232. The van der Waals surface area contributed by atoms with Crippen molar-refractivity contribution in [1.82, 2.24) is 14.7 Å². The SMILES string of the molecule is COc1cc2c(c(OC)c1)[C@@H](C)C=C1N(C2)C(=O)N(CCO)C12CCN(Cc1cc(C)cc(C)c1)CC2. The molecule has 3 aliphatic heterocycles. The van der Waals surface area contributed by atoms with Crippen LogP contribution in [0.5, 0.6) is 11.5 Å². The number of aryl methyl sites for hydroxylation is 2. The van der Waals surface area contributed by atoms with E-state index in [0.717, 1.165) is 60.8 Å². The fourth-order valence-corrected chi connectivity index (χ4v) is 6.74. The number of hydrogen-bond acceptors (Lipinski definition) is 5. The Morgan fingerprint density at radius 2 is 1.73 bits per heavy atom. The Balaban J connectivity index is 1.47. The van der Waals surface area contributed by atoms with Gasteiger partial charge in [0.05, 0.1) is 32.9 Å². The molecule has 0 aliphatic carbocycles. The van der Waals surface area contributed by atoms with Crippen molar-refractivity contribution in [3.05, 3.63) is 69.9 Å². The number of methoxy groups -OCH3 is 2. The number of carbonyl (C=O) groups excluding carboxylic acids is 1. The van der Waals surface area contributed by atoms with E-state index >= 15 is 0 Å². The number of fused-ring (bicyclic) bond motifs is 3. The summed E-state index contributed by atoms with van der Waals surface area (Å²) in [6.45, 7) is 9.93. The van der Waals surface area contributed by atoms with Gasteiger partial charge in [-0.25, -0.2) is 4.79 Å². The number of likely N-dealkylation sites (tertiary alicyclic amines) is 1. The maximum Gasteiger partial charge on any atom is 0.325 e. The average molecular weight is 506 g/mol. The lowest BCUT2D eigenvalue weighted by Crippen LogP contribution is -2.54. The van der Waals surface area contributed by atoms with E-state index < -0.39 is 5.54 Å². The number of nitrogens with zero attached hydrogens (tertiary/aromatic N) is 3. The monoisotopic (exact) mass is 505 g/mol. The number of urea groups is 1. The Bertz CT molecular complexity index is 1200. The Kier molecular flexibility index (Phi) is 6.94. The van der Waals surface area contributed by atoms with Gasteiger partial charge in [0.1, 0.15) is 11.5 Å². The molecule has 0 bridgehead atoms. The molecule has 1 spiro atoms. The lowest BCUT2D eigenvalue weighted by Gasteiger charge is -2.44. The van der Waals surface area contributed by atoms with Crippen LogP contribution in [0.25, 0.3) is 0 Å². The molecule has 3 aliphatic rings. The van der Waals surface area contributed by atoms with Crippen LogP contribution < -0.4 is 9.47 Å². The summed E-state index contributed by atoms with van der Waals surface area (Å²) in [5, 5.41) is 9.92. The van der Waals surface area contributed by atoms with Gasteiger partial charge >= 0.3 is 6.03 Å². The maximum atomic E-state index is 13.9. The van der Waals surface area contributed by atoms with Crippen LogP contribution in [0.15, 0.2) is 42.1 Å². The Hall–Kier alpha value is -3.03. The van der Waals surface area contributed by atoms with E-state index in [1.165, 1.54) is 16.7 Å². The molecular formula is C30H39N3O4. The van der Waals surface area contributed by atoms with E-state index in [2.05, 4.69) is 49.9 Å². The summed E-state index contributed by atoms with van der Waals surface area (Å²) in [5.74, 6) is 1.58. The number of β-amino-alcohol motifs (C(OH)–C–C–N with tert-alkyl or cyclic N) is 1. The van der Waals surface area contributed by atoms with Gasteiger partial charge in [0, 0.05) is 49.4 Å². The zero-order chi connectivity index (χ0) is 26.3. The molecule has 1 atom stereocenters. The van der Waals surface area contributed by atoms with Gasteiger partial charge in [0.2, 0.25) is 0 Å². The number of carbonyl (C=O) groups is 1. The molecular weight excluding hydrogens is 466 g/mol.